The van der Waals surface area contributed by atoms with Crippen LogP contribution in [-0.2, 0) is 0 Å². The second-order valence-electron chi connectivity index (χ2n) is 4.65. The van der Waals surface area contributed by atoms with Crippen molar-refractivity contribution in [3.05, 3.63) is 46.2 Å². The molecular weight excluding hydrogens is 290 g/mol. The molecule has 21 heavy (non-hydrogen) atoms. The molecule has 0 saturated heterocycles. The minimum absolute atomic E-state index is 0.108. The summed E-state index contributed by atoms with van der Waals surface area (Å²) in [6.45, 7) is 0.623. The van der Waals surface area contributed by atoms with Crippen molar-refractivity contribution >= 4 is 17.2 Å². The normalized spacial score (nSPS) is 14.0. The van der Waals surface area contributed by atoms with Crippen LogP contribution in [0.2, 0.25) is 0 Å². The lowest BCUT2D eigenvalue weighted by Gasteiger charge is -2.12. The Hall–Kier alpha value is -2.05. The number of carbonyl (C=O) groups is 1. The van der Waals surface area contributed by atoms with Crippen LogP contribution in [0.3, 0.4) is 0 Å². The second kappa shape index (κ2) is 6.15. The number of benzene rings is 1. The highest BCUT2D eigenvalue weighted by molar-refractivity contribution is 7.12. The molecule has 0 bridgehead atoms. The Balaban J connectivity index is 1.52. The highest BCUT2D eigenvalue weighted by Gasteiger charge is 2.16. The standard InChI is InChI=1S/C15H15NO4S/c17-11(5-6-16-15(18)14-2-1-7-21-14)10-3-4-12-13(8-10)20-9-19-12/h1-4,7-8,11,17H,5-6,9H2,(H,16,18). The van der Waals surface area contributed by atoms with Gasteiger partial charge in [-0.25, -0.2) is 0 Å². The number of amides is 1. The van der Waals surface area contributed by atoms with Crippen LogP contribution >= 0.6 is 11.3 Å². The third kappa shape index (κ3) is 3.17. The predicted molar refractivity (Wildman–Crippen MR) is 78.8 cm³/mol. The van der Waals surface area contributed by atoms with Crippen molar-refractivity contribution in [2.45, 2.75) is 12.5 Å². The van der Waals surface area contributed by atoms with Crippen molar-refractivity contribution in [2.75, 3.05) is 13.3 Å². The summed E-state index contributed by atoms with van der Waals surface area (Å²) in [4.78, 5) is 12.4. The van der Waals surface area contributed by atoms with Gasteiger partial charge >= 0.3 is 0 Å². The van der Waals surface area contributed by atoms with Crippen molar-refractivity contribution in [1.82, 2.24) is 5.32 Å². The lowest BCUT2D eigenvalue weighted by Crippen LogP contribution is -2.24. The van der Waals surface area contributed by atoms with Gasteiger partial charge in [-0.05, 0) is 35.6 Å². The lowest BCUT2D eigenvalue weighted by atomic mass is 10.1. The third-order valence-corrected chi connectivity index (χ3v) is 4.10. The zero-order valence-corrected chi connectivity index (χ0v) is 12.1. The molecule has 0 aliphatic carbocycles. The molecule has 1 aromatic heterocycles. The molecule has 1 atom stereocenters. The van der Waals surface area contributed by atoms with Gasteiger partial charge in [-0.15, -0.1) is 11.3 Å². The molecule has 0 spiro atoms. The fraction of sp³-hybridized carbons (Fsp3) is 0.267. The molecule has 1 unspecified atom stereocenters. The van der Waals surface area contributed by atoms with Crippen molar-refractivity contribution in [2.24, 2.45) is 0 Å². The van der Waals surface area contributed by atoms with E-state index in [0.717, 1.165) is 5.56 Å². The first-order chi connectivity index (χ1) is 10.2. The van der Waals surface area contributed by atoms with E-state index in [1.165, 1.54) is 11.3 Å². The SMILES string of the molecule is O=C(NCCC(O)c1ccc2c(c1)OCO2)c1cccs1. The molecule has 0 radical (unpaired) electrons. The summed E-state index contributed by atoms with van der Waals surface area (Å²) in [6, 6.07) is 8.97. The smallest absolute Gasteiger partial charge is 0.261 e. The van der Waals surface area contributed by atoms with Gasteiger partial charge in [0.1, 0.15) is 0 Å². The van der Waals surface area contributed by atoms with E-state index in [4.69, 9.17) is 9.47 Å². The number of ether oxygens (including phenoxy) is 2. The number of aliphatic hydroxyl groups is 1. The Labute approximate surface area is 126 Å². The molecule has 0 fully saturated rings. The molecule has 6 heteroatoms. The first-order valence-electron chi connectivity index (χ1n) is 6.63. The molecule has 2 aromatic rings. The summed E-state index contributed by atoms with van der Waals surface area (Å²) < 4.78 is 10.5. The average Bonchev–Trinajstić information content (AvgIpc) is 3.17. The number of hydrogen-bond acceptors (Lipinski definition) is 5. The van der Waals surface area contributed by atoms with Crippen LogP contribution in [0.1, 0.15) is 27.8 Å². The van der Waals surface area contributed by atoms with Crippen molar-refractivity contribution in [3.63, 3.8) is 0 Å². The van der Waals surface area contributed by atoms with Crippen LogP contribution in [0, 0.1) is 0 Å². The van der Waals surface area contributed by atoms with E-state index in [-0.39, 0.29) is 12.7 Å². The summed E-state index contributed by atoms with van der Waals surface area (Å²) in [7, 11) is 0. The predicted octanol–water partition coefficient (Wildman–Crippen LogP) is 2.33. The van der Waals surface area contributed by atoms with Crippen LogP contribution in [0.5, 0.6) is 11.5 Å². The molecular formula is C15H15NO4S. The van der Waals surface area contributed by atoms with Gasteiger partial charge in [0.05, 0.1) is 11.0 Å². The van der Waals surface area contributed by atoms with E-state index in [1.807, 2.05) is 11.4 Å². The molecule has 0 saturated carbocycles. The van der Waals surface area contributed by atoms with Crippen LogP contribution < -0.4 is 14.8 Å². The maximum atomic E-state index is 11.8. The second-order valence-corrected chi connectivity index (χ2v) is 5.60. The average molecular weight is 305 g/mol. The van der Waals surface area contributed by atoms with Gasteiger partial charge in [-0.2, -0.15) is 0 Å². The van der Waals surface area contributed by atoms with Gasteiger partial charge in [0.2, 0.25) is 6.79 Å². The number of hydrogen-bond donors (Lipinski definition) is 2. The van der Waals surface area contributed by atoms with Gasteiger partial charge < -0.3 is 19.9 Å². The minimum atomic E-state index is -0.650. The minimum Gasteiger partial charge on any atom is -0.454 e. The molecule has 1 amide bonds. The molecule has 5 nitrogen and oxygen atoms in total. The van der Waals surface area contributed by atoms with E-state index in [2.05, 4.69) is 5.32 Å². The molecule has 1 aromatic carbocycles. The quantitative estimate of drug-likeness (QED) is 0.889. The summed E-state index contributed by atoms with van der Waals surface area (Å²) in [6.07, 6.45) is -0.209. The van der Waals surface area contributed by atoms with Gasteiger partial charge in [0, 0.05) is 6.54 Å². The highest BCUT2D eigenvalue weighted by atomic mass is 32.1. The zero-order valence-electron chi connectivity index (χ0n) is 11.2. The van der Waals surface area contributed by atoms with E-state index in [1.54, 1.807) is 24.3 Å². The van der Waals surface area contributed by atoms with E-state index in [9.17, 15) is 9.90 Å². The number of aliphatic hydroxyl groups excluding tert-OH is 1. The first kappa shape index (κ1) is 13.9. The summed E-state index contributed by atoms with van der Waals surface area (Å²) >= 11 is 1.39. The Bertz CT molecular complexity index is 627. The van der Waals surface area contributed by atoms with Crippen molar-refractivity contribution < 1.29 is 19.4 Å². The third-order valence-electron chi connectivity index (χ3n) is 3.23. The van der Waals surface area contributed by atoms with Crippen molar-refractivity contribution in [1.29, 1.82) is 0 Å². The van der Waals surface area contributed by atoms with E-state index < -0.39 is 6.10 Å². The Kier molecular flexibility index (Phi) is 4.08. The lowest BCUT2D eigenvalue weighted by molar-refractivity contribution is 0.0946. The fourth-order valence-electron chi connectivity index (χ4n) is 2.10. The Morgan fingerprint density at radius 1 is 1.33 bits per heavy atom. The highest BCUT2D eigenvalue weighted by Crippen LogP contribution is 2.34. The van der Waals surface area contributed by atoms with E-state index >= 15 is 0 Å². The van der Waals surface area contributed by atoms with Gasteiger partial charge in [-0.1, -0.05) is 12.1 Å². The summed E-state index contributed by atoms with van der Waals surface area (Å²) in [5.74, 6) is 1.23. The molecule has 110 valence electrons. The molecule has 1 aliphatic rings. The van der Waals surface area contributed by atoms with Crippen LogP contribution in [0.15, 0.2) is 35.7 Å². The zero-order chi connectivity index (χ0) is 14.7. The summed E-state index contributed by atoms with van der Waals surface area (Å²) in [5.41, 5.74) is 0.754. The van der Waals surface area contributed by atoms with Gasteiger partial charge in [-0.3, -0.25) is 4.79 Å². The van der Waals surface area contributed by atoms with Crippen molar-refractivity contribution in [3.8, 4) is 11.5 Å². The number of carbonyl (C=O) groups excluding carboxylic acids is 1. The fourth-order valence-corrected chi connectivity index (χ4v) is 2.74. The number of thiophene rings is 1. The topological polar surface area (TPSA) is 67.8 Å². The number of nitrogens with one attached hydrogen (secondary N) is 1. The van der Waals surface area contributed by atoms with Crippen LogP contribution in [0.25, 0.3) is 0 Å². The maximum absolute atomic E-state index is 11.8. The molecule has 3 rings (SSSR count). The van der Waals surface area contributed by atoms with Crippen LogP contribution in [-0.4, -0.2) is 24.4 Å². The molecule has 2 heterocycles. The first-order valence-corrected chi connectivity index (χ1v) is 7.51. The Morgan fingerprint density at radius 2 is 2.19 bits per heavy atom. The summed E-state index contributed by atoms with van der Waals surface area (Å²) in [5, 5.41) is 14.8. The maximum Gasteiger partial charge on any atom is 0.261 e. The van der Waals surface area contributed by atoms with Gasteiger partial charge in [0.15, 0.2) is 11.5 Å². The largest absolute Gasteiger partial charge is 0.454 e. The monoisotopic (exact) mass is 305 g/mol. The van der Waals surface area contributed by atoms with Gasteiger partial charge in [0.25, 0.3) is 5.91 Å². The molecule has 2 N–H and O–H groups in total. The Morgan fingerprint density at radius 3 is 3.00 bits per heavy atom. The van der Waals surface area contributed by atoms with E-state index in [0.29, 0.717) is 29.3 Å². The number of fused-ring (bicyclic) bond motifs is 1. The molecule has 1 aliphatic heterocycles. The van der Waals surface area contributed by atoms with Crippen LogP contribution in [0.4, 0.5) is 0 Å². The number of rotatable bonds is 5.